The van der Waals surface area contributed by atoms with Gasteiger partial charge in [0.25, 0.3) is 0 Å². The first-order valence-corrected chi connectivity index (χ1v) is 18.0. The molecule has 0 saturated carbocycles. The van der Waals surface area contributed by atoms with Crippen molar-refractivity contribution in [2.45, 2.75) is 200 Å². The van der Waals surface area contributed by atoms with Gasteiger partial charge in [-0.2, -0.15) is 0 Å². The molecule has 0 aliphatic carbocycles. The van der Waals surface area contributed by atoms with E-state index in [-0.39, 0.29) is 12.4 Å². The zero-order valence-electron chi connectivity index (χ0n) is 27.3. The molecule has 2 heteroatoms. The highest BCUT2D eigenvalue weighted by atomic mass is 35.5. The maximum Gasteiger partial charge on any atom is 0.171 e. The van der Waals surface area contributed by atoms with Crippen LogP contribution in [0.2, 0.25) is 0 Å². The average Bonchev–Trinajstić information content (AvgIpc) is 2.95. The van der Waals surface area contributed by atoms with E-state index in [1.807, 2.05) is 0 Å². The smallest absolute Gasteiger partial charge is 0.171 e. The van der Waals surface area contributed by atoms with Gasteiger partial charge in [-0.05, 0) is 51.0 Å². The zero-order valence-corrected chi connectivity index (χ0v) is 28.1. The van der Waals surface area contributed by atoms with Crippen LogP contribution in [0.1, 0.15) is 193 Å². The van der Waals surface area contributed by atoms with Gasteiger partial charge in [-0.3, -0.25) is 0 Å². The van der Waals surface area contributed by atoms with Gasteiger partial charge in [0.05, 0.1) is 0 Å². The lowest BCUT2D eigenvalue weighted by Gasteiger charge is -2.04. The molecule has 0 fully saturated rings. The Bertz CT molecular complexity index is 640. The number of unbranched alkanes of at least 4 members (excludes halogenated alkanes) is 24. The molecule has 0 aliphatic heterocycles. The summed E-state index contributed by atoms with van der Waals surface area (Å²) < 4.78 is 2.44. The molecule has 1 aromatic heterocycles. The molecule has 0 unspecified atom stereocenters. The lowest BCUT2D eigenvalue weighted by Crippen LogP contribution is -3.00. The maximum absolute atomic E-state index is 2.44. The molecule has 0 saturated heterocycles. The van der Waals surface area contributed by atoms with Crippen molar-refractivity contribution in [2.75, 3.05) is 0 Å². The molecule has 1 aromatic rings. The van der Waals surface area contributed by atoms with Crippen molar-refractivity contribution in [2.24, 2.45) is 0 Å². The van der Waals surface area contributed by atoms with Gasteiger partial charge in [0.1, 0.15) is 6.54 Å². The number of halogens is 1. The van der Waals surface area contributed by atoms with E-state index in [4.69, 9.17) is 0 Å². The highest BCUT2D eigenvalue weighted by molar-refractivity contribution is 5.05. The minimum absolute atomic E-state index is 0. The SMILES string of the molecule is CCCCCCCC/C=C\CCCCCCCC[n+]1cccc(CCCCCCCCCCCCCCC)c1.[Cl-]. The second kappa shape index (κ2) is 32.7. The predicted octanol–water partition coefficient (Wildman–Crippen LogP) is 9.65. The summed E-state index contributed by atoms with van der Waals surface area (Å²) in [5.41, 5.74) is 1.53. The fraction of sp³-hybridized carbons (Fsp3) is 0.816. The Morgan fingerprint density at radius 1 is 0.500 bits per heavy atom. The van der Waals surface area contributed by atoms with Crippen molar-refractivity contribution in [1.29, 1.82) is 0 Å². The normalized spacial score (nSPS) is 11.3. The van der Waals surface area contributed by atoms with E-state index in [2.05, 4.69) is 55.1 Å². The van der Waals surface area contributed by atoms with Crippen LogP contribution in [0.5, 0.6) is 0 Å². The summed E-state index contributed by atoms with van der Waals surface area (Å²) in [5.74, 6) is 0. The number of allylic oxidation sites excluding steroid dienone is 2. The third-order valence-corrected chi connectivity index (χ3v) is 8.42. The molecule has 0 aliphatic rings. The number of aryl methyl sites for hydroxylation is 2. The molecule has 0 N–H and O–H groups in total. The van der Waals surface area contributed by atoms with Crippen molar-refractivity contribution in [1.82, 2.24) is 0 Å². The van der Waals surface area contributed by atoms with Crippen LogP contribution in [0.15, 0.2) is 36.7 Å². The van der Waals surface area contributed by atoms with Gasteiger partial charge in [0.15, 0.2) is 12.4 Å². The standard InChI is InChI=1S/C38H70N.ClH/c1-3-5-7-9-11-13-15-17-18-19-21-23-25-27-29-31-35-39-36-32-34-38(37-39)33-30-28-26-24-22-20-16-14-12-10-8-6-4-2;/h17-18,32,34,36-37H,3-16,19-31,33,35H2,1-2H3;1H/q+1;/p-1/b18-17-;. The molecule has 0 bridgehead atoms. The summed E-state index contributed by atoms with van der Waals surface area (Å²) in [5, 5.41) is 0. The van der Waals surface area contributed by atoms with Crippen LogP contribution in [-0.4, -0.2) is 0 Å². The van der Waals surface area contributed by atoms with Crippen LogP contribution in [0.3, 0.4) is 0 Å². The van der Waals surface area contributed by atoms with E-state index in [0.717, 1.165) is 0 Å². The first-order valence-electron chi connectivity index (χ1n) is 18.0. The number of hydrogen-bond acceptors (Lipinski definition) is 0. The average molecular weight is 576 g/mol. The van der Waals surface area contributed by atoms with Gasteiger partial charge in [-0.25, -0.2) is 4.57 Å². The van der Waals surface area contributed by atoms with Crippen molar-refractivity contribution in [3.8, 4) is 0 Å². The Labute approximate surface area is 258 Å². The fourth-order valence-electron chi connectivity index (χ4n) is 5.75. The predicted molar refractivity (Wildman–Crippen MR) is 175 cm³/mol. The lowest BCUT2D eigenvalue weighted by molar-refractivity contribution is -0.697. The largest absolute Gasteiger partial charge is 1.00 e. The summed E-state index contributed by atoms with van der Waals surface area (Å²) in [4.78, 5) is 0. The van der Waals surface area contributed by atoms with Gasteiger partial charge in [0, 0.05) is 18.1 Å². The van der Waals surface area contributed by atoms with Crippen LogP contribution in [0.25, 0.3) is 0 Å². The number of hydrogen-bond donors (Lipinski definition) is 0. The lowest BCUT2D eigenvalue weighted by atomic mass is 10.0. The van der Waals surface area contributed by atoms with Crippen molar-refractivity contribution >= 4 is 0 Å². The summed E-state index contributed by atoms with van der Waals surface area (Å²) in [7, 11) is 0. The van der Waals surface area contributed by atoms with E-state index < -0.39 is 0 Å². The van der Waals surface area contributed by atoms with Crippen molar-refractivity contribution < 1.29 is 17.0 Å². The number of nitrogens with zero attached hydrogens (tertiary/aromatic N) is 1. The molecule has 0 spiro atoms. The van der Waals surface area contributed by atoms with Crippen LogP contribution in [-0.2, 0) is 13.0 Å². The monoisotopic (exact) mass is 576 g/mol. The Hall–Kier alpha value is -0.820. The second-order valence-corrected chi connectivity index (χ2v) is 12.4. The molecule has 0 radical (unpaired) electrons. The Kier molecular flexibility index (Phi) is 32.0. The van der Waals surface area contributed by atoms with Crippen molar-refractivity contribution in [3.05, 3.63) is 42.2 Å². The molecule has 0 aromatic carbocycles. The maximum atomic E-state index is 2.44. The highest BCUT2D eigenvalue weighted by Gasteiger charge is 2.03. The topological polar surface area (TPSA) is 3.88 Å². The van der Waals surface area contributed by atoms with E-state index in [1.54, 1.807) is 0 Å². The van der Waals surface area contributed by atoms with Gasteiger partial charge in [-0.1, -0.05) is 154 Å². The zero-order chi connectivity index (χ0) is 27.9. The molecule has 1 heterocycles. The Morgan fingerprint density at radius 2 is 0.900 bits per heavy atom. The fourth-order valence-corrected chi connectivity index (χ4v) is 5.75. The first kappa shape index (κ1) is 39.2. The molecule has 0 atom stereocenters. The minimum atomic E-state index is 0. The van der Waals surface area contributed by atoms with Gasteiger partial charge < -0.3 is 12.4 Å². The summed E-state index contributed by atoms with van der Waals surface area (Å²) >= 11 is 0. The Balaban J connectivity index is 0.0000152. The highest BCUT2D eigenvalue weighted by Crippen LogP contribution is 2.14. The molecular weight excluding hydrogens is 506 g/mol. The minimum Gasteiger partial charge on any atom is -1.00 e. The van der Waals surface area contributed by atoms with Gasteiger partial charge in [-0.15, -0.1) is 0 Å². The van der Waals surface area contributed by atoms with Crippen LogP contribution in [0.4, 0.5) is 0 Å². The third-order valence-electron chi connectivity index (χ3n) is 8.42. The third kappa shape index (κ3) is 27.4. The number of aromatic nitrogens is 1. The summed E-state index contributed by atoms with van der Waals surface area (Å²) in [6.45, 7) is 5.79. The van der Waals surface area contributed by atoms with Crippen molar-refractivity contribution in [3.63, 3.8) is 0 Å². The van der Waals surface area contributed by atoms with E-state index >= 15 is 0 Å². The van der Waals surface area contributed by atoms with Crippen LogP contribution >= 0.6 is 0 Å². The Morgan fingerprint density at radius 3 is 1.38 bits per heavy atom. The number of rotatable bonds is 30. The quantitative estimate of drug-likeness (QED) is 0.0488. The molecule has 40 heavy (non-hydrogen) atoms. The van der Waals surface area contributed by atoms with Gasteiger partial charge >= 0.3 is 0 Å². The van der Waals surface area contributed by atoms with E-state index in [0.29, 0.717) is 0 Å². The number of pyridine rings is 1. The molecule has 1 rings (SSSR count). The van der Waals surface area contributed by atoms with Crippen LogP contribution in [0, 0.1) is 0 Å². The summed E-state index contributed by atoms with van der Waals surface area (Å²) in [6, 6.07) is 4.59. The van der Waals surface area contributed by atoms with Gasteiger partial charge in [0.2, 0.25) is 0 Å². The van der Waals surface area contributed by atoms with Crippen LogP contribution < -0.4 is 17.0 Å². The second-order valence-electron chi connectivity index (χ2n) is 12.4. The molecule has 234 valence electrons. The van der Waals surface area contributed by atoms with E-state index in [9.17, 15) is 0 Å². The first-order chi connectivity index (χ1) is 19.4. The molecular formula is C38H70ClN. The molecule has 1 nitrogen and oxygen atoms in total. The summed E-state index contributed by atoms with van der Waals surface area (Å²) in [6.07, 6.45) is 48.8. The molecule has 0 amide bonds. The van der Waals surface area contributed by atoms with E-state index in [1.165, 1.54) is 192 Å².